The van der Waals surface area contributed by atoms with Gasteiger partial charge in [0.05, 0.1) is 19.6 Å². The van der Waals surface area contributed by atoms with Gasteiger partial charge in [0.2, 0.25) is 0 Å². The van der Waals surface area contributed by atoms with Gasteiger partial charge >= 0.3 is 5.97 Å². The Labute approximate surface area is 184 Å². The molecule has 0 radical (unpaired) electrons. The summed E-state index contributed by atoms with van der Waals surface area (Å²) in [6, 6.07) is 13.1. The molecule has 1 heterocycles. The van der Waals surface area contributed by atoms with Crippen molar-refractivity contribution in [3.05, 3.63) is 54.2 Å². The number of ether oxygens (including phenoxy) is 2. The number of hydrogen-bond donors (Lipinski definition) is 1. The van der Waals surface area contributed by atoms with Crippen LogP contribution in [-0.2, 0) is 9.53 Å². The van der Waals surface area contributed by atoms with Gasteiger partial charge in [0.1, 0.15) is 11.6 Å². The summed E-state index contributed by atoms with van der Waals surface area (Å²) in [5, 5.41) is 3.25. The number of nitrogens with one attached hydrogen (secondary N) is 1. The summed E-state index contributed by atoms with van der Waals surface area (Å²) in [7, 11) is 0. The van der Waals surface area contributed by atoms with E-state index in [0.717, 1.165) is 50.2 Å². The summed E-state index contributed by atoms with van der Waals surface area (Å²) >= 11 is 0. The maximum atomic E-state index is 12.9. The summed E-state index contributed by atoms with van der Waals surface area (Å²) in [4.78, 5) is 29.1. The lowest BCUT2D eigenvalue weighted by molar-refractivity contribution is -0.145. The van der Waals surface area contributed by atoms with Crippen molar-refractivity contribution in [1.82, 2.24) is 4.98 Å². The van der Waals surface area contributed by atoms with Gasteiger partial charge in [-0.25, -0.2) is 4.98 Å². The average Bonchev–Trinajstić information content (AvgIpc) is 3.22. The van der Waals surface area contributed by atoms with Gasteiger partial charge < -0.3 is 14.8 Å². The minimum atomic E-state index is -0.251. The third-order valence-electron chi connectivity index (χ3n) is 5.76. The van der Waals surface area contributed by atoms with Gasteiger partial charge in [0, 0.05) is 24.7 Å². The number of pyridine rings is 1. The van der Waals surface area contributed by atoms with Gasteiger partial charge in [-0.15, -0.1) is 0 Å². The summed E-state index contributed by atoms with van der Waals surface area (Å²) in [6.45, 7) is 3.54. The maximum absolute atomic E-state index is 12.9. The Morgan fingerprint density at radius 2 is 1.84 bits per heavy atom. The highest BCUT2D eigenvalue weighted by Crippen LogP contribution is 2.45. The number of hydrogen-bond acceptors (Lipinski definition) is 6. The first-order valence-corrected chi connectivity index (χ1v) is 11.2. The predicted molar refractivity (Wildman–Crippen MR) is 120 cm³/mol. The fourth-order valence-corrected chi connectivity index (χ4v) is 4.18. The molecule has 166 valence electrons. The van der Waals surface area contributed by atoms with Crippen LogP contribution in [0, 0.1) is 5.41 Å². The fraction of sp³-hybridized carbons (Fsp3) is 0.480. The van der Waals surface area contributed by atoms with Crippen LogP contribution in [0.1, 0.15) is 62.2 Å². The van der Waals surface area contributed by atoms with Crippen molar-refractivity contribution in [2.24, 2.45) is 5.41 Å². The van der Waals surface area contributed by atoms with Crippen molar-refractivity contribution in [2.45, 2.75) is 51.9 Å². The van der Waals surface area contributed by atoms with Crippen molar-refractivity contribution in [2.75, 3.05) is 25.1 Å². The maximum Gasteiger partial charge on any atom is 0.306 e. The zero-order valence-electron chi connectivity index (χ0n) is 18.3. The Morgan fingerprint density at radius 1 is 1.06 bits per heavy atom. The number of rotatable bonds is 12. The van der Waals surface area contributed by atoms with Crippen LogP contribution in [0.4, 0.5) is 5.82 Å². The highest BCUT2D eigenvalue weighted by molar-refractivity contribution is 5.96. The van der Waals surface area contributed by atoms with Crippen LogP contribution in [0.25, 0.3) is 0 Å². The van der Waals surface area contributed by atoms with Crippen LogP contribution in [0.2, 0.25) is 0 Å². The van der Waals surface area contributed by atoms with Crippen molar-refractivity contribution >= 4 is 17.6 Å². The average molecular weight is 425 g/mol. The van der Waals surface area contributed by atoms with E-state index in [1.165, 1.54) is 0 Å². The molecule has 2 aromatic rings. The van der Waals surface area contributed by atoms with Crippen molar-refractivity contribution in [3.8, 4) is 5.75 Å². The smallest absolute Gasteiger partial charge is 0.306 e. The van der Waals surface area contributed by atoms with Crippen LogP contribution >= 0.6 is 0 Å². The number of carbonyl (C=O) groups excluding carboxylic acids is 2. The molecule has 6 heteroatoms. The SMILES string of the molecule is CCOC(=O)CC1(CC(=O)c2ccc(OCCCNc3ccccn3)cc2)CCCC1. The number of aromatic nitrogens is 1. The van der Waals surface area contributed by atoms with Crippen molar-refractivity contribution in [3.63, 3.8) is 0 Å². The van der Waals surface area contributed by atoms with E-state index >= 15 is 0 Å². The van der Waals surface area contributed by atoms with Gasteiger partial charge in [0.25, 0.3) is 0 Å². The monoisotopic (exact) mass is 424 g/mol. The summed E-state index contributed by atoms with van der Waals surface area (Å²) in [6.07, 6.45) is 7.27. The Kier molecular flexibility index (Phi) is 8.44. The number of Topliss-reactive ketones (excluding diaryl/α,β-unsaturated/α-hetero) is 1. The van der Waals surface area contributed by atoms with E-state index in [2.05, 4.69) is 10.3 Å². The largest absolute Gasteiger partial charge is 0.494 e. The minimum absolute atomic E-state index is 0.0808. The van der Waals surface area contributed by atoms with Gasteiger partial charge in [-0.05, 0) is 68.0 Å². The van der Waals surface area contributed by atoms with Gasteiger partial charge in [-0.3, -0.25) is 9.59 Å². The van der Waals surface area contributed by atoms with Crippen LogP contribution in [0.15, 0.2) is 48.7 Å². The number of anilines is 1. The van der Waals surface area contributed by atoms with E-state index in [1.807, 2.05) is 49.4 Å². The molecule has 0 spiro atoms. The zero-order chi connectivity index (χ0) is 21.9. The highest BCUT2D eigenvalue weighted by Gasteiger charge is 2.38. The standard InChI is InChI=1S/C25H32N2O4/c1-2-30-24(29)19-25(13-4-5-14-25)18-22(28)20-9-11-21(12-10-20)31-17-7-16-27-23-8-3-6-15-26-23/h3,6,8-12,15H,2,4-5,7,13-14,16-19H2,1H3,(H,26,27). The van der Waals surface area contributed by atoms with E-state index < -0.39 is 0 Å². The van der Waals surface area contributed by atoms with Crippen LogP contribution < -0.4 is 10.1 Å². The lowest BCUT2D eigenvalue weighted by atomic mass is 9.77. The van der Waals surface area contributed by atoms with Gasteiger partial charge in [0.15, 0.2) is 5.78 Å². The summed E-state index contributed by atoms with van der Waals surface area (Å²) in [5.41, 5.74) is 0.415. The Morgan fingerprint density at radius 3 is 2.52 bits per heavy atom. The summed E-state index contributed by atoms with van der Waals surface area (Å²) in [5.74, 6) is 1.49. The number of nitrogens with zero attached hydrogens (tertiary/aromatic N) is 1. The molecular weight excluding hydrogens is 392 g/mol. The third kappa shape index (κ3) is 7.09. The van der Waals surface area contributed by atoms with Crippen LogP contribution in [-0.4, -0.2) is 36.5 Å². The summed E-state index contributed by atoms with van der Waals surface area (Å²) < 4.78 is 10.9. The zero-order valence-corrected chi connectivity index (χ0v) is 18.3. The first-order valence-electron chi connectivity index (χ1n) is 11.2. The van der Waals surface area contributed by atoms with Crippen molar-refractivity contribution < 1.29 is 19.1 Å². The molecule has 3 rings (SSSR count). The molecule has 31 heavy (non-hydrogen) atoms. The molecule has 0 atom stereocenters. The molecule has 0 amide bonds. The topological polar surface area (TPSA) is 77.5 Å². The fourth-order valence-electron chi connectivity index (χ4n) is 4.18. The molecule has 0 bridgehead atoms. The molecule has 1 fully saturated rings. The Balaban J connectivity index is 1.45. The second-order valence-corrected chi connectivity index (χ2v) is 8.16. The first-order chi connectivity index (χ1) is 15.1. The second-order valence-electron chi connectivity index (χ2n) is 8.16. The van der Waals surface area contributed by atoms with Crippen molar-refractivity contribution in [1.29, 1.82) is 0 Å². The Hall–Kier alpha value is -2.89. The number of carbonyl (C=O) groups is 2. The minimum Gasteiger partial charge on any atom is -0.494 e. The van der Waals surface area contributed by atoms with E-state index in [-0.39, 0.29) is 17.2 Å². The molecule has 0 aliphatic heterocycles. The van der Waals surface area contributed by atoms with E-state index in [0.29, 0.717) is 31.6 Å². The van der Waals surface area contributed by atoms with E-state index in [1.54, 1.807) is 6.20 Å². The number of benzene rings is 1. The number of ketones is 1. The highest BCUT2D eigenvalue weighted by atomic mass is 16.5. The molecule has 1 N–H and O–H groups in total. The molecule has 0 saturated heterocycles. The van der Waals surface area contributed by atoms with Crippen LogP contribution in [0.5, 0.6) is 5.75 Å². The second kappa shape index (κ2) is 11.5. The quantitative estimate of drug-likeness (QED) is 0.292. The molecular formula is C25H32N2O4. The van der Waals surface area contributed by atoms with Gasteiger partial charge in [-0.2, -0.15) is 0 Å². The lowest BCUT2D eigenvalue weighted by Crippen LogP contribution is -2.26. The molecule has 1 saturated carbocycles. The molecule has 1 aliphatic carbocycles. The number of esters is 1. The predicted octanol–water partition coefficient (Wildman–Crippen LogP) is 5.05. The molecule has 6 nitrogen and oxygen atoms in total. The third-order valence-corrected chi connectivity index (χ3v) is 5.76. The Bertz CT molecular complexity index is 830. The first kappa shape index (κ1) is 22.8. The van der Waals surface area contributed by atoms with Crippen LogP contribution in [0.3, 0.4) is 0 Å². The van der Waals surface area contributed by atoms with Gasteiger partial charge in [-0.1, -0.05) is 18.9 Å². The van der Waals surface area contributed by atoms with E-state index in [9.17, 15) is 9.59 Å². The molecule has 1 aromatic heterocycles. The van der Waals surface area contributed by atoms with E-state index in [4.69, 9.17) is 9.47 Å². The molecule has 0 unspecified atom stereocenters. The lowest BCUT2D eigenvalue weighted by Gasteiger charge is -2.27. The molecule has 1 aliphatic rings. The normalized spacial score (nSPS) is 14.7. The molecule has 1 aromatic carbocycles.